The van der Waals surface area contributed by atoms with Crippen LogP contribution in [0.4, 0.5) is 0 Å². The third kappa shape index (κ3) is 7.67. The van der Waals surface area contributed by atoms with Gasteiger partial charge in [0.15, 0.2) is 5.78 Å². The number of nitrogens with one attached hydrogen (secondary N) is 1. The van der Waals surface area contributed by atoms with Crippen LogP contribution < -0.4 is 4.72 Å². The summed E-state index contributed by atoms with van der Waals surface area (Å²) in [6.07, 6.45) is 3.97. The molecule has 0 aliphatic heterocycles. The average Bonchev–Trinajstić information content (AvgIpc) is 1.95. The normalized spacial score (nSPS) is 12.6. The van der Waals surface area contributed by atoms with Crippen LogP contribution in [0, 0.1) is 5.92 Å². The zero-order valence-corrected chi connectivity index (χ0v) is 8.89. The molecule has 0 rings (SSSR count). The first-order valence-corrected chi connectivity index (χ1v) is 5.87. The van der Waals surface area contributed by atoms with Gasteiger partial charge in [-0.15, -0.1) is 0 Å². The van der Waals surface area contributed by atoms with Crippen LogP contribution in [0.5, 0.6) is 0 Å². The number of carbonyl (C=O) groups is 1. The number of sulfonamides is 1. The molecule has 0 saturated heterocycles. The lowest BCUT2D eigenvalue weighted by atomic mass is 10.1. The molecule has 0 aromatic heterocycles. The van der Waals surface area contributed by atoms with E-state index in [0.717, 1.165) is 6.26 Å². The van der Waals surface area contributed by atoms with E-state index >= 15 is 0 Å². The van der Waals surface area contributed by atoms with E-state index in [1.807, 2.05) is 0 Å². The second kappa shape index (κ2) is 5.14. The van der Waals surface area contributed by atoms with Crippen LogP contribution in [0.3, 0.4) is 0 Å². The van der Waals surface area contributed by atoms with Crippen molar-refractivity contribution in [3.05, 3.63) is 12.2 Å². The van der Waals surface area contributed by atoms with Crippen LogP contribution in [0.1, 0.15) is 13.8 Å². The quantitative estimate of drug-likeness (QED) is 0.657. The Bertz CT molecular complexity index is 291. The lowest BCUT2D eigenvalue weighted by molar-refractivity contribution is -0.117. The Hall–Kier alpha value is -0.680. The zero-order chi connectivity index (χ0) is 10.5. The van der Waals surface area contributed by atoms with E-state index in [1.54, 1.807) is 13.8 Å². The van der Waals surface area contributed by atoms with Gasteiger partial charge >= 0.3 is 0 Å². The van der Waals surface area contributed by atoms with Gasteiger partial charge < -0.3 is 0 Å². The highest BCUT2D eigenvalue weighted by Gasteiger charge is 2.01. The maximum atomic E-state index is 11.0. The van der Waals surface area contributed by atoms with Crippen molar-refractivity contribution in [2.24, 2.45) is 5.92 Å². The van der Waals surface area contributed by atoms with Crippen LogP contribution in [0.15, 0.2) is 12.2 Å². The summed E-state index contributed by atoms with van der Waals surface area (Å²) >= 11 is 0. The Kier molecular flexibility index (Phi) is 4.87. The third-order valence-corrected chi connectivity index (χ3v) is 2.01. The van der Waals surface area contributed by atoms with Gasteiger partial charge in [0.2, 0.25) is 10.0 Å². The van der Waals surface area contributed by atoms with Gasteiger partial charge in [-0.25, -0.2) is 13.1 Å². The topological polar surface area (TPSA) is 63.2 Å². The van der Waals surface area contributed by atoms with E-state index in [0.29, 0.717) is 0 Å². The van der Waals surface area contributed by atoms with Crippen molar-refractivity contribution in [1.29, 1.82) is 0 Å². The van der Waals surface area contributed by atoms with Crippen molar-refractivity contribution in [3.63, 3.8) is 0 Å². The summed E-state index contributed by atoms with van der Waals surface area (Å²) in [6, 6.07) is 0. The van der Waals surface area contributed by atoms with E-state index in [2.05, 4.69) is 4.72 Å². The minimum atomic E-state index is -3.15. The Morgan fingerprint density at radius 2 is 2.00 bits per heavy atom. The standard InChI is InChI=1S/C8H15NO3S/c1-7(2)8(10)5-4-6-9-13(3,11)12/h4-5,7,9H,6H2,1-3H3/b5-4+. The number of hydrogen-bond acceptors (Lipinski definition) is 3. The molecule has 4 nitrogen and oxygen atoms in total. The average molecular weight is 205 g/mol. The van der Waals surface area contributed by atoms with E-state index < -0.39 is 10.0 Å². The number of allylic oxidation sites excluding steroid dienone is 1. The Morgan fingerprint density at radius 1 is 1.46 bits per heavy atom. The van der Waals surface area contributed by atoms with Crippen LogP contribution in [-0.2, 0) is 14.8 Å². The van der Waals surface area contributed by atoms with E-state index in [1.165, 1.54) is 12.2 Å². The molecule has 0 saturated carbocycles. The zero-order valence-electron chi connectivity index (χ0n) is 8.07. The fourth-order valence-corrected chi connectivity index (χ4v) is 0.966. The molecule has 0 bridgehead atoms. The second-order valence-corrected chi connectivity index (χ2v) is 4.91. The van der Waals surface area contributed by atoms with Crippen molar-refractivity contribution >= 4 is 15.8 Å². The lowest BCUT2D eigenvalue weighted by Gasteiger charge is -1.97. The Labute approximate surface area is 79.1 Å². The molecule has 13 heavy (non-hydrogen) atoms. The molecule has 0 aromatic rings. The van der Waals surface area contributed by atoms with Gasteiger partial charge in [-0.05, 0) is 6.08 Å². The summed E-state index contributed by atoms with van der Waals surface area (Å²) in [5.41, 5.74) is 0. The van der Waals surface area contributed by atoms with Gasteiger partial charge in [-0.1, -0.05) is 19.9 Å². The number of carbonyl (C=O) groups excluding carboxylic acids is 1. The fraction of sp³-hybridized carbons (Fsp3) is 0.625. The van der Waals surface area contributed by atoms with Gasteiger partial charge in [0.05, 0.1) is 6.26 Å². The van der Waals surface area contributed by atoms with Crippen molar-refractivity contribution < 1.29 is 13.2 Å². The molecule has 0 amide bonds. The van der Waals surface area contributed by atoms with Crippen LogP contribution >= 0.6 is 0 Å². The third-order valence-electron chi connectivity index (χ3n) is 1.31. The summed E-state index contributed by atoms with van der Waals surface area (Å²) in [4.78, 5) is 11.0. The van der Waals surface area contributed by atoms with Crippen molar-refractivity contribution in [1.82, 2.24) is 4.72 Å². The molecular formula is C8H15NO3S. The molecular weight excluding hydrogens is 190 g/mol. The highest BCUT2D eigenvalue weighted by molar-refractivity contribution is 7.88. The van der Waals surface area contributed by atoms with Gasteiger partial charge in [0.1, 0.15) is 0 Å². The summed E-state index contributed by atoms with van der Waals surface area (Å²) in [5.74, 6) is -0.0511. The van der Waals surface area contributed by atoms with Gasteiger partial charge in [0, 0.05) is 12.5 Å². The minimum Gasteiger partial charge on any atom is -0.295 e. The maximum Gasteiger partial charge on any atom is 0.208 e. The molecule has 0 heterocycles. The van der Waals surface area contributed by atoms with Crippen molar-refractivity contribution in [3.8, 4) is 0 Å². The molecule has 0 unspecified atom stereocenters. The summed E-state index contributed by atoms with van der Waals surface area (Å²) in [7, 11) is -3.15. The predicted octanol–water partition coefficient (Wildman–Crippen LogP) is 0.317. The lowest BCUT2D eigenvalue weighted by Crippen LogP contribution is -2.21. The van der Waals surface area contributed by atoms with Gasteiger partial charge in [-0.2, -0.15) is 0 Å². The molecule has 0 aromatic carbocycles. The van der Waals surface area contributed by atoms with Gasteiger partial charge in [-0.3, -0.25) is 4.79 Å². The van der Waals surface area contributed by atoms with Crippen LogP contribution in [0.2, 0.25) is 0 Å². The summed E-state index contributed by atoms with van der Waals surface area (Å²) < 4.78 is 23.4. The minimum absolute atomic E-state index is 0.00435. The molecule has 0 fully saturated rings. The molecule has 0 aliphatic carbocycles. The predicted molar refractivity (Wildman–Crippen MR) is 51.8 cm³/mol. The van der Waals surface area contributed by atoms with E-state index in [9.17, 15) is 13.2 Å². The largest absolute Gasteiger partial charge is 0.295 e. The van der Waals surface area contributed by atoms with Crippen molar-refractivity contribution in [2.75, 3.05) is 12.8 Å². The summed E-state index contributed by atoms with van der Waals surface area (Å²) in [5, 5.41) is 0. The Balaban J connectivity index is 3.84. The molecule has 0 spiro atoms. The first kappa shape index (κ1) is 12.3. The first-order valence-electron chi connectivity index (χ1n) is 3.98. The fourth-order valence-electron chi connectivity index (χ4n) is 0.567. The SMILES string of the molecule is CC(C)C(=O)/C=C/CNS(C)(=O)=O. The van der Waals surface area contributed by atoms with E-state index in [4.69, 9.17) is 0 Å². The Morgan fingerprint density at radius 3 is 2.38 bits per heavy atom. The van der Waals surface area contributed by atoms with Gasteiger partial charge in [0.25, 0.3) is 0 Å². The molecule has 1 N–H and O–H groups in total. The maximum absolute atomic E-state index is 11.0. The molecule has 0 radical (unpaired) electrons. The molecule has 76 valence electrons. The number of hydrogen-bond donors (Lipinski definition) is 1. The molecule has 0 aliphatic rings. The summed E-state index contributed by atoms with van der Waals surface area (Å²) in [6.45, 7) is 3.74. The van der Waals surface area contributed by atoms with E-state index in [-0.39, 0.29) is 18.2 Å². The smallest absolute Gasteiger partial charge is 0.208 e. The van der Waals surface area contributed by atoms with Crippen molar-refractivity contribution in [2.45, 2.75) is 13.8 Å². The number of ketones is 1. The molecule has 5 heteroatoms. The second-order valence-electron chi connectivity index (χ2n) is 3.08. The number of rotatable bonds is 5. The first-order chi connectivity index (χ1) is 5.83. The highest BCUT2D eigenvalue weighted by atomic mass is 32.2. The monoisotopic (exact) mass is 205 g/mol. The highest BCUT2D eigenvalue weighted by Crippen LogP contribution is 1.94. The molecule has 0 atom stereocenters. The van der Waals surface area contributed by atoms with Crippen LogP contribution in [0.25, 0.3) is 0 Å². The van der Waals surface area contributed by atoms with Crippen LogP contribution in [-0.4, -0.2) is 27.0 Å².